The van der Waals surface area contributed by atoms with Crippen LogP contribution in [0.5, 0.6) is 0 Å². The Balaban J connectivity index is 1.83. The molecule has 0 saturated carbocycles. The van der Waals surface area contributed by atoms with Gasteiger partial charge in [0.05, 0.1) is 18.1 Å². The lowest BCUT2D eigenvalue weighted by Crippen LogP contribution is -2.58. The van der Waals surface area contributed by atoms with Crippen LogP contribution in [0.3, 0.4) is 0 Å². The van der Waals surface area contributed by atoms with Crippen molar-refractivity contribution in [1.29, 1.82) is 0 Å². The van der Waals surface area contributed by atoms with Crippen LogP contribution in [0, 0.1) is 11.8 Å². The number of ether oxygens (including phenoxy) is 1. The first-order chi connectivity index (χ1) is 11.7. The molecule has 4 heteroatoms. The van der Waals surface area contributed by atoms with E-state index in [0.717, 1.165) is 43.6 Å². The van der Waals surface area contributed by atoms with Crippen molar-refractivity contribution < 1.29 is 9.53 Å². The highest BCUT2D eigenvalue weighted by Crippen LogP contribution is 2.62. The van der Waals surface area contributed by atoms with Crippen LogP contribution in [0.15, 0.2) is 35.5 Å². The van der Waals surface area contributed by atoms with Gasteiger partial charge in [-0.2, -0.15) is 0 Å². The smallest absolute Gasteiger partial charge is 0.335 e. The zero-order valence-corrected chi connectivity index (χ0v) is 14.3. The van der Waals surface area contributed by atoms with Crippen LogP contribution in [0.4, 0.5) is 5.69 Å². The molecule has 4 nitrogen and oxygen atoms in total. The molecule has 0 aromatic heterocycles. The normalized spacial score (nSPS) is 36.2. The van der Waals surface area contributed by atoms with Gasteiger partial charge in [-0.05, 0) is 49.4 Å². The number of hydrogen-bond acceptors (Lipinski definition) is 4. The summed E-state index contributed by atoms with van der Waals surface area (Å²) in [6, 6.07) is 9.14. The van der Waals surface area contributed by atoms with Gasteiger partial charge in [0.25, 0.3) is 0 Å². The lowest BCUT2D eigenvalue weighted by molar-refractivity contribution is -0.138. The Morgan fingerprint density at radius 3 is 3.00 bits per heavy atom. The van der Waals surface area contributed by atoms with Gasteiger partial charge in [-0.3, -0.25) is 4.90 Å². The molecule has 0 amide bonds. The molecule has 126 valence electrons. The van der Waals surface area contributed by atoms with Crippen LogP contribution in [0.2, 0.25) is 0 Å². The van der Waals surface area contributed by atoms with Crippen LogP contribution in [0.25, 0.3) is 0 Å². The van der Waals surface area contributed by atoms with E-state index in [1.807, 2.05) is 0 Å². The molecule has 2 saturated heterocycles. The Hall–Kier alpha value is -1.81. The second-order valence-corrected chi connectivity index (χ2v) is 7.62. The number of carbonyl (C=O) groups is 1. The summed E-state index contributed by atoms with van der Waals surface area (Å²) in [5.41, 5.74) is 4.60. The van der Waals surface area contributed by atoms with E-state index in [-0.39, 0.29) is 11.4 Å². The van der Waals surface area contributed by atoms with Crippen molar-refractivity contribution in [3.8, 4) is 0 Å². The quantitative estimate of drug-likeness (QED) is 0.850. The first kappa shape index (κ1) is 14.5. The second kappa shape index (κ2) is 4.85. The van der Waals surface area contributed by atoms with Gasteiger partial charge in [0, 0.05) is 17.4 Å². The fourth-order valence-electron chi connectivity index (χ4n) is 6.20. The molecule has 3 aliphatic heterocycles. The van der Waals surface area contributed by atoms with Gasteiger partial charge < -0.3 is 10.1 Å². The Bertz CT molecular complexity index is 756. The number of methoxy groups -OCH3 is 1. The number of nitrogens with one attached hydrogen (secondary N) is 1. The van der Waals surface area contributed by atoms with Crippen molar-refractivity contribution in [2.24, 2.45) is 11.8 Å². The minimum Gasteiger partial charge on any atom is -0.466 e. The number of benzene rings is 1. The summed E-state index contributed by atoms with van der Waals surface area (Å²) in [6.45, 7) is 4.51. The first-order valence-electron chi connectivity index (χ1n) is 9.16. The lowest BCUT2D eigenvalue weighted by atomic mass is 9.57. The third kappa shape index (κ3) is 1.51. The number of esters is 1. The fourth-order valence-corrected chi connectivity index (χ4v) is 6.20. The van der Waals surface area contributed by atoms with Crippen molar-refractivity contribution in [2.45, 2.75) is 37.6 Å². The summed E-state index contributed by atoms with van der Waals surface area (Å²) in [4.78, 5) is 15.4. The monoisotopic (exact) mass is 324 g/mol. The Labute approximate surface area is 142 Å². The molecule has 1 aliphatic carbocycles. The highest BCUT2D eigenvalue weighted by molar-refractivity contribution is 5.93. The molecule has 1 spiro atoms. The molecule has 1 aromatic rings. The Morgan fingerprint density at radius 2 is 2.21 bits per heavy atom. The number of anilines is 1. The highest BCUT2D eigenvalue weighted by atomic mass is 16.5. The standard InChI is InChI=1S/C20H24N2O2/c1-3-12-13-8-10-22-11-9-20(18(12)22)14-6-4-5-7-15(14)21-17(20)16(13)19(23)24-2/h4-7,12-13,18,21H,3,8-11H2,1-2H3/t12-,13+,18-,20+/m1/s1. The van der Waals surface area contributed by atoms with Gasteiger partial charge >= 0.3 is 5.97 Å². The van der Waals surface area contributed by atoms with E-state index in [1.165, 1.54) is 18.4 Å². The minimum atomic E-state index is -0.132. The molecular weight excluding hydrogens is 300 g/mol. The van der Waals surface area contributed by atoms with Crippen molar-refractivity contribution in [1.82, 2.24) is 4.90 Å². The summed E-state index contributed by atoms with van der Waals surface area (Å²) in [5.74, 6) is 0.728. The third-order valence-electron chi connectivity index (χ3n) is 6.97. The van der Waals surface area contributed by atoms with E-state index >= 15 is 0 Å². The maximum atomic E-state index is 12.8. The fraction of sp³-hybridized carbons (Fsp3) is 0.550. The number of nitrogens with zero attached hydrogens (tertiary/aromatic N) is 1. The molecular formula is C20H24N2O2. The van der Waals surface area contributed by atoms with E-state index in [0.29, 0.717) is 17.9 Å². The number of carbonyl (C=O) groups excluding carboxylic acids is 1. The average Bonchev–Trinajstić information content (AvgIpc) is 3.17. The molecule has 3 heterocycles. The SMILES string of the molecule is CC[C@@H]1[C@@H]2CCN3CC[C@]4(C(=C2C(=O)OC)Nc2ccccc24)[C@@H]13. The molecule has 5 rings (SSSR count). The maximum Gasteiger partial charge on any atom is 0.335 e. The number of hydrogen-bond donors (Lipinski definition) is 1. The van der Waals surface area contributed by atoms with E-state index in [2.05, 4.69) is 41.4 Å². The summed E-state index contributed by atoms with van der Waals surface area (Å²) >= 11 is 0. The molecule has 1 N–H and O–H groups in total. The van der Waals surface area contributed by atoms with Crippen molar-refractivity contribution in [2.75, 3.05) is 25.5 Å². The predicted molar refractivity (Wildman–Crippen MR) is 92.7 cm³/mol. The Morgan fingerprint density at radius 1 is 1.38 bits per heavy atom. The zero-order valence-electron chi connectivity index (χ0n) is 14.3. The summed E-state index contributed by atoms with van der Waals surface area (Å²) in [7, 11) is 1.52. The minimum absolute atomic E-state index is 0.0439. The average molecular weight is 324 g/mol. The van der Waals surface area contributed by atoms with Gasteiger partial charge in [-0.15, -0.1) is 0 Å². The van der Waals surface area contributed by atoms with Gasteiger partial charge in [0.2, 0.25) is 0 Å². The first-order valence-corrected chi connectivity index (χ1v) is 9.16. The molecule has 4 atom stereocenters. The summed E-state index contributed by atoms with van der Waals surface area (Å²) in [5, 5.41) is 3.65. The highest BCUT2D eigenvalue weighted by Gasteiger charge is 2.64. The van der Waals surface area contributed by atoms with Crippen molar-refractivity contribution >= 4 is 11.7 Å². The second-order valence-electron chi connectivity index (χ2n) is 7.62. The molecule has 2 fully saturated rings. The Kier molecular flexibility index (Phi) is 2.94. The number of fused-ring (bicyclic) bond motifs is 2. The van der Waals surface area contributed by atoms with E-state index < -0.39 is 0 Å². The topological polar surface area (TPSA) is 41.6 Å². The van der Waals surface area contributed by atoms with E-state index in [4.69, 9.17) is 4.74 Å². The number of rotatable bonds is 2. The molecule has 24 heavy (non-hydrogen) atoms. The van der Waals surface area contributed by atoms with E-state index in [9.17, 15) is 4.79 Å². The predicted octanol–water partition coefficient (Wildman–Crippen LogP) is 2.91. The number of piperidine rings is 1. The van der Waals surface area contributed by atoms with Gasteiger partial charge in [0.15, 0.2) is 0 Å². The summed E-state index contributed by atoms with van der Waals surface area (Å²) in [6.07, 6.45) is 3.28. The largest absolute Gasteiger partial charge is 0.466 e. The van der Waals surface area contributed by atoms with Crippen LogP contribution in [0.1, 0.15) is 31.7 Å². The van der Waals surface area contributed by atoms with Crippen molar-refractivity contribution in [3.05, 3.63) is 41.1 Å². The third-order valence-corrected chi connectivity index (χ3v) is 6.97. The number of para-hydroxylation sites is 1. The van der Waals surface area contributed by atoms with Crippen molar-refractivity contribution in [3.63, 3.8) is 0 Å². The molecule has 4 aliphatic rings. The summed E-state index contributed by atoms with van der Waals surface area (Å²) < 4.78 is 5.23. The molecule has 1 aromatic carbocycles. The van der Waals surface area contributed by atoms with Gasteiger partial charge in [-0.25, -0.2) is 4.79 Å². The van der Waals surface area contributed by atoms with Crippen LogP contribution < -0.4 is 5.32 Å². The van der Waals surface area contributed by atoms with E-state index in [1.54, 1.807) is 0 Å². The molecule has 2 bridgehead atoms. The van der Waals surface area contributed by atoms with Crippen LogP contribution >= 0.6 is 0 Å². The lowest BCUT2D eigenvalue weighted by Gasteiger charge is -2.52. The zero-order chi connectivity index (χ0) is 16.5. The van der Waals surface area contributed by atoms with Crippen LogP contribution in [-0.2, 0) is 14.9 Å². The molecule has 0 radical (unpaired) electrons. The van der Waals surface area contributed by atoms with Gasteiger partial charge in [-0.1, -0.05) is 31.5 Å². The maximum absolute atomic E-state index is 12.8. The van der Waals surface area contributed by atoms with Crippen LogP contribution in [-0.4, -0.2) is 37.1 Å². The molecule has 0 unspecified atom stereocenters. The van der Waals surface area contributed by atoms with Gasteiger partial charge in [0.1, 0.15) is 0 Å².